The average molecular weight is 312 g/mol. The lowest BCUT2D eigenvalue weighted by molar-refractivity contribution is 0.283. The number of nitrogens with zero attached hydrogens (tertiary/aromatic N) is 6. The largest absolute Gasteiger partial charge is 0.481 e. The second-order valence-electron chi connectivity index (χ2n) is 6.16. The van der Waals surface area contributed by atoms with Gasteiger partial charge in [0.1, 0.15) is 12.1 Å². The molecule has 120 valence electrons. The van der Waals surface area contributed by atoms with Gasteiger partial charge in [0.25, 0.3) is 0 Å². The zero-order valence-corrected chi connectivity index (χ0v) is 13.6. The molecule has 3 saturated heterocycles. The summed E-state index contributed by atoms with van der Waals surface area (Å²) in [7, 11) is 1.63. The standard InChI is InChI=1S/C16H20N6O/c1-10-11(2)18-9-19-15(10)21-7-12-6-13(8-21)22(12)16-17-5-4-14(20-16)23-3/h4-5,9,12-13H,6-8H2,1-3H3. The van der Waals surface area contributed by atoms with Crippen LogP contribution < -0.4 is 14.5 Å². The molecule has 2 unspecified atom stereocenters. The van der Waals surface area contributed by atoms with Gasteiger partial charge in [-0.05, 0) is 20.3 Å². The van der Waals surface area contributed by atoms with E-state index >= 15 is 0 Å². The molecule has 0 aromatic carbocycles. The summed E-state index contributed by atoms with van der Waals surface area (Å²) >= 11 is 0. The molecule has 0 saturated carbocycles. The Morgan fingerprint density at radius 2 is 1.91 bits per heavy atom. The number of ether oxygens (including phenoxy) is 1. The van der Waals surface area contributed by atoms with Crippen molar-refractivity contribution in [2.75, 3.05) is 30.0 Å². The quantitative estimate of drug-likeness (QED) is 0.847. The first-order valence-electron chi connectivity index (χ1n) is 7.86. The summed E-state index contributed by atoms with van der Waals surface area (Å²) < 4.78 is 5.21. The minimum Gasteiger partial charge on any atom is -0.481 e. The Labute approximate surface area is 135 Å². The van der Waals surface area contributed by atoms with Crippen molar-refractivity contribution in [3.8, 4) is 5.88 Å². The first kappa shape index (κ1) is 14.2. The van der Waals surface area contributed by atoms with Gasteiger partial charge in [0.2, 0.25) is 11.8 Å². The third-order valence-corrected chi connectivity index (χ3v) is 4.86. The minimum absolute atomic E-state index is 0.426. The molecule has 0 aliphatic carbocycles. The topological polar surface area (TPSA) is 67.3 Å². The smallest absolute Gasteiger partial charge is 0.229 e. The van der Waals surface area contributed by atoms with Crippen LogP contribution in [0.25, 0.3) is 0 Å². The van der Waals surface area contributed by atoms with E-state index in [9.17, 15) is 0 Å². The number of anilines is 2. The zero-order valence-electron chi connectivity index (χ0n) is 13.6. The molecule has 2 aromatic heterocycles. The molecule has 5 heterocycles. The SMILES string of the molecule is COc1ccnc(N2C3CC2CN(c2ncnc(C)c2C)C3)n1. The zero-order chi connectivity index (χ0) is 16.0. The van der Waals surface area contributed by atoms with Crippen molar-refractivity contribution >= 4 is 11.8 Å². The molecular weight excluding hydrogens is 292 g/mol. The third-order valence-electron chi connectivity index (χ3n) is 4.86. The molecular formula is C16H20N6O. The monoisotopic (exact) mass is 312 g/mol. The second-order valence-corrected chi connectivity index (χ2v) is 6.16. The van der Waals surface area contributed by atoms with Crippen molar-refractivity contribution in [1.29, 1.82) is 0 Å². The molecule has 2 atom stereocenters. The maximum atomic E-state index is 5.21. The van der Waals surface area contributed by atoms with E-state index in [4.69, 9.17) is 4.74 Å². The number of fused-ring (bicyclic) bond motifs is 2. The Balaban J connectivity index is 1.55. The van der Waals surface area contributed by atoms with Gasteiger partial charge in [-0.1, -0.05) is 0 Å². The highest BCUT2D eigenvalue weighted by Gasteiger charge is 2.46. The van der Waals surface area contributed by atoms with Crippen LogP contribution >= 0.6 is 0 Å². The third kappa shape index (κ3) is 2.27. The first-order chi connectivity index (χ1) is 11.2. The highest BCUT2D eigenvalue weighted by atomic mass is 16.5. The molecule has 0 N–H and O–H groups in total. The van der Waals surface area contributed by atoms with Crippen LogP contribution in [0, 0.1) is 13.8 Å². The summed E-state index contributed by atoms with van der Waals surface area (Å²) in [5.74, 6) is 2.43. The van der Waals surface area contributed by atoms with Crippen molar-refractivity contribution in [1.82, 2.24) is 19.9 Å². The van der Waals surface area contributed by atoms with Crippen molar-refractivity contribution < 1.29 is 4.74 Å². The number of methoxy groups -OCH3 is 1. The van der Waals surface area contributed by atoms with E-state index in [0.29, 0.717) is 18.0 Å². The molecule has 2 bridgehead atoms. The molecule has 7 nitrogen and oxygen atoms in total. The van der Waals surface area contributed by atoms with Gasteiger partial charge in [0.05, 0.1) is 19.2 Å². The summed E-state index contributed by atoms with van der Waals surface area (Å²) in [6, 6.07) is 2.63. The number of hydrogen-bond donors (Lipinski definition) is 0. The van der Waals surface area contributed by atoms with Crippen LogP contribution in [0.3, 0.4) is 0 Å². The molecule has 5 rings (SSSR count). The number of hydrogen-bond acceptors (Lipinski definition) is 7. The summed E-state index contributed by atoms with van der Waals surface area (Å²) in [5, 5.41) is 0. The molecule has 23 heavy (non-hydrogen) atoms. The van der Waals surface area contributed by atoms with Gasteiger partial charge < -0.3 is 14.5 Å². The molecule has 0 radical (unpaired) electrons. The van der Waals surface area contributed by atoms with Crippen molar-refractivity contribution in [3.63, 3.8) is 0 Å². The van der Waals surface area contributed by atoms with Crippen LogP contribution in [0.1, 0.15) is 17.7 Å². The lowest BCUT2D eigenvalue weighted by Gasteiger charge is -2.56. The Bertz CT molecular complexity index is 724. The van der Waals surface area contributed by atoms with Gasteiger partial charge in [-0.3, -0.25) is 0 Å². The van der Waals surface area contributed by atoms with Crippen molar-refractivity contribution in [2.45, 2.75) is 32.4 Å². The molecule has 3 aliphatic heterocycles. The molecule has 3 aliphatic rings. The van der Waals surface area contributed by atoms with Gasteiger partial charge in [-0.25, -0.2) is 15.0 Å². The van der Waals surface area contributed by atoms with Crippen LogP contribution in [0.5, 0.6) is 5.88 Å². The fraction of sp³-hybridized carbons (Fsp3) is 0.500. The number of aryl methyl sites for hydroxylation is 1. The number of rotatable bonds is 3. The second kappa shape index (κ2) is 5.33. The first-order valence-corrected chi connectivity index (χ1v) is 7.86. The Kier molecular flexibility index (Phi) is 3.28. The molecule has 0 spiro atoms. The maximum Gasteiger partial charge on any atom is 0.229 e. The van der Waals surface area contributed by atoms with Gasteiger partial charge in [0.15, 0.2) is 0 Å². The van der Waals surface area contributed by atoms with E-state index in [-0.39, 0.29) is 0 Å². The molecule has 7 heteroatoms. The highest BCUT2D eigenvalue weighted by Crippen LogP contribution is 2.37. The van der Waals surface area contributed by atoms with E-state index in [0.717, 1.165) is 36.1 Å². The molecule has 2 aromatic rings. The molecule has 0 amide bonds. The predicted octanol–water partition coefficient (Wildman–Crippen LogP) is 1.36. The molecule has 3 fully saturated rings. The fourth-order valence-corrected chi connectivity index (χ4v) is 3.52. The van der Waals surface area contributed by atoms with Crippen LogP contribution in [0.4, 0.5) is 11.8 Å². The van der Waals surface area contributed by atoms with Gasteiger partial charge in [-0.15, -0.1) is 0 Å². The highest BCUT2D eigenvalue weighted by molar-refractivity contribution is 5.53. The average Bonchev–Trinajstić information content (AvgIpc) is 2.57. The predicted molar refractivity (Wildman–Crippen MR) is 87.0 cm³/mol. The fourth-order valence-electron chi connectivity index (χ4n) is 3.52. The van der Waals surface area contributed by atoms with Crippen molar-refractivity contribution in [3.05, 3.63) is 29.8 Å². The Morgan fingerprint density at radius 3 is 2.65 bits per heavy atom. The normalized spacial score (nSPS) is 22.7. The van der Waals surface area contributed by atoms with Crippen LogP contribution in [0.2, 0.25) is 0 Å². The number of piperidine rings is 1. The summed E-state index contributed by atoms with van der Waals surface area (Å²) in [6.45, 7) is 6.00. The van der Waals surface area contributed by atoms with E-state index in [1.165, 1.54) is 6.42 Å². The summed E-state index contributed by atoms with van der Waals surface area (Å²) in [5.41, 5.74) is 2.21. The van der Waals surface area contributed by atoms with Gasteiger partial charge in [-0.2, -0.15) is 4.98 Å². The minimum atomic E-state index is 0.426. The van der Waals surface area contributed by atoms with E-state index in [1.54, 1.807) is 25.7 Å². The number of piperazine rings is 1. The van der Waals surface area contributed by atoms with Gasteiger partial charge >= 0.3 is 0 Å². The van der Waals surface area contributed by atoms with E-state index < -0.39 is 0 Å². The van der Waals surface area contributed by atoms with Crippen molar-refractivity contribution in [2.24, 2.45) is 0 Å². The Hall–Kier alpha value is -2.44. The lowest BCUT2D eigenvalue weighted by atomic mass is 9.87. The van der Waals surface area contributed by atoms with E-state index in [2.05, 4.69) is 36.7 Å². The van der Waals surface area contributed by atoms with Crippen LogP contribution in [0.15, 0.2) is 18.6 Å². The van der Waals surface area contributed by atoms with Crippen LogP contribution in [-0.4, -0.2) is 52.2 Å². The summed E-state index contributed by atoms with van der Waals surface area (Å²) in [4.78, 5) is 22.3. The van der Waals surface area contributed by atoms with Crippen LogP contribution in [-0.2, 0) is 0 Å². The lowest BCUT2D eigenvalue weighted by Crippen LogP contribution is -2.69. The number of aromatic nitrogens is 4. The van der Waals surface area contributed by atoms with E-state index in [1.807, 2.05) is 6.92 Å². The Morgan fingerprint density at radius 1 is 1.13 bits per heavy atom. The van der Waals surface area contributed by atoms with Gasteiger partial charge in [0, 0.05) is 36.6 Å². The summed E-state index contributed by atoms with van der Waals surface area (Å²) in [6.07, 6.45) is 4.59. The maximum absolute atomic E-state index is 5.21.